The fourth-order valence-corrected chi connectivity index (χ4v) is 0.791. The van der Waals surface area contributed by atoms with Crippen molar-refractivity contribution in [2.24, 2.45) is 0 Å². The first-order valence-corrected chi connectivity index (χ1v) is 3.94. The summed E-state index contributed by atoms with van der Waals surface area (Å²) in [6, 6.07) is 2.86. The molecule has 1 heterocycles. The molecule has 0 N–H and O–H groups in total. The average Bonchev–Trinajstić information content (AvgIpc) is 2.48. The Morgan fingerprint density at radius 3 is 2.77 bits per heavy atom. The molecule has 1 aromatic rings. The summed E-state index contributed by atoms with van der Waals surface area (Å²) < 4.78 is 10.1. The molecule has 0 atom stereocenters. The normalized spacial score (nSPS) is 10.7. The van der Waals surface area contributed by atoms with Crippen molar-refractivity contribution in [1.29, 1.82) is 0 Å². The van der Waals surface area contributed by atoms with Crippen LogP contribution in [0, 0.1) is 10.1 Å². The van der Waals surface area contributed by atoms with Crippen LogP contribution in [0.4, 0.5) is 5.88 Å². The molecule has 1 rings (SSSR count). The zero-order valence-electron chi connectivity index (χ0n) is 7.52. The summed E-state index contributed by atoms with van der Waals surface area (Å²) in [7, 11) is 0. The first kappa shape index (κ1) is 9.73. The van der Waals surface area contributed by atoms with Crippen LogP contribution in [0.25, 0.3) is 0 Å². The first-order chi connectivity index (χ1) is 6.09. The number of nitro groups is 1. The van der Waals surface area contributed by atoms with Gasteiger partial charge in [-0.3, -0.25) is 10.1 Å². The highest BCUT2D eigenvalue weighted by Crippen LogP contribution is 2.16. The van der Waals surface area contributed by atoms with E-state index in [2.05, 4.69) is 0 Å². The quantitative estimate of drug-likeness (QED) is 0.532. The molecule has 0 unspecified atom stereocenters. The van der Waals surface area contributed by atoms with Crippen molar-refractivity contribution in [2.45, 2.75) is 26.6 Å². The molecule has 0 aromatic carbocycles. The van der Waals surface area contributed by atoms with Crippen LogP contribution in [0.15, 0.2) is 16.5 Å². The second-order valence-corrected chi connectivity index (χ2v) is 2.86. The Morgan fingerprint density at radius 1 is 1.62 bits per heavy atom. The van der Waals surface area contributed by atoms with Crippen LogP contribution in [0.1, 0.15) is 19.6 Å². The Kier molecular flexibility index (Phi) is 3.02. The Hall–Kier alpha value is -1.36. The number of nitrogens with zero attached hydrogens (tertiary/aromatic N) is 1. The van der Waals surface area contributed by atoms with Gasteiger partial charge in [0.2, 0.25) is 0 Å². The van der Waals surface area contributed by atoms with Gasteiger partial charge in [-0.25, -0.2) is 0 Å². The maximum Gasteiger partial charge on any atom is 0.433 e. The van der Waals surface area contributed by atoms with E-state index in [0.29, 0.717) is 5.76 Å². The summed E-state index contributed by atoms with van der Waals surface area (Å²) in [4.78, 5) is 9.65. The zero-order chi connectivity index (χ0) is 9.84. The predicted octanol–water partition coefficient (Wildman–Crippen LogP) is 2.11. The van der Waals surface area contributed by atoms with Crippen molar-refractivity contribution < 1.29 is 14.1 Å². The lowest BCUT2D eigenvalue weighted by molar-refractivity contribution is -0.402. The largest absolute Gasteiger partial charge is 0.433 e. The summed E-state index contributed by atoms with van der Waals surface area (Å²) in [6.45, 7) is 4.04. The molecule has 0 aliphatic heterocycles. The molecule has 0 aliphatic carbocycles. The SMILES string of the molecule is CC(C)OCc1ccc([N+](=O)[O-])o1. The number of furan rings is 1. The van der Waals surface area contributed by atoms with Crippen molar-refractivity contribution in [3.63, 3.8) is 0 Å². The second-order valence-electron chi connectivity index (χ2n) is 2.86. The molecule has 0 bridgehead atoms. The minimum atomic E-state index is -0.571. The molecular formula is C8H11NO4. The lowest BCUT2D eigenvalue weighted by Crippen LogP contribution is -2.01. The van der Waals surface area contributed by atoms with Crippen LogP contribution in [0.5, 0.6) is 0 Å². The molecule has 13 heavy (non-hydrogen) atoms. The van der Waals surface area contributed by atoms with Crippen molar-refractivity contribution >= 4 is 5.88 Å². The van der Waals surface area contributed by atoms with E-state index in [1.165, 1.54) is 6.07 Å². The summed E-state index contributed by atoms with van der Waals surface area (Å²) in [6.07, 6.45) is 0.0872. The number of hydrogen-bond acceptors (Lipinski definition) is 4. The van der Waals surface area contributed by atoms with E-state index in [-0.39, 0.29) is 18.6 Å². The lowest BCUT2D eigenvalue weighted by Gasteiger charge is -2.03. The summed E-state index contributed by atoms with van der Waals surface area (Å²) in [5.41, 5.74) is 0. The minimum absolute atomic E-state index is 0.0872. The van der Waals surface area contributed by atoms with E-state index >= 15 is 0 Å². The van der Waals surface area contributed by atoms with Crippen molar-refractivity contribution in [3.05, 3.63) is 28.0 Å². The average molecular weight is 185 g/mol. The third kappa shape index (κ3) is 2.87. The van der Waals surface area contributed by atoms with Crippen LogP contribution in [-0.2, 0) is 11.3 Å². The van der Waals surface area contributed by atoms with Gasteiger partial charge in [-0.15, -0.1) is 0 Å². The van der Waals surface area contributed by atoms with Gasteiger partial charge >= 0.3 is 5.88 Å². The molecule has 72 valence electrons. The van der Waals surface area contributed by atoms with Crippen LogP contribution in [-0.4, -0.2) is 11.0 Å². The number of ether oxygens (including phenoxy) is 1. The first-order valence-electron chi connectivity index (χ1n) is 3.94. The fraction of sp³-hybridized carbons (Fsp3) is 0.500. The summed E-state index contributed by atoms with van der Waals surface area (Å²) in [5, 5.41) is 10.2. The molecule has 5 nitrogen and oxygen atoms in total. The Morgan fingerprint density at radius 2 is 2.31 bits per heavy atom. The van der Waals surface area contributed by atoms with Crippen molar-refractivity contribution in [3.8, 4) is 0 Å². The molecule has 0 aliphatic rings. The molecule has 0 spiro atoms. The molecule has 0 saturated heterocycles. The topological polar surface area (TPSA) is 65.5 Å². The van der Waals surface area contributed by atoms with Crippen molar-refractivity contribution in [2.75, 3.05) is 0 Å². The Labute approximate surface area is 75.5 Å². The van der Waals surface area contributed by atoms with Gasteiger partial charge < -0.3 is 9.15 Å². The lowest BCUT2D eigenvalue weighted by atomic mass is 10.4. The molecular weight excluding hydrogens is 174 g/mol. The van der Waals surface area contributed by atoms with E-state index in [1.807, 2.05) is 13.8 Å². The smallest absolute Gasteiger partial charge is 0.403 e. The van der Waals surface area contributed by atoms with Gasteiger partial charge in [-0.05, 0) is 19.9 Å². The molecule has 1 aromatic heterocycles. The van der Waals surface area contributed by atoms with E-state index in [1.54, 1.807) is 6.07 Å². The van der Waals surface area contributed by atoms with Crippen LogP contribution in [0.3, 0.4) is 0 Å². The van der Waals surface area contributed by atoms with Gasteiger partial charge in [-0.1, -0.05) is 0 Å². The highest BCUT2D eigenvalue weighted by atomic mass is 16.6. The van der Waals surface area contributed by atoms with Gasteiger partial charge in [0.25, 0.3) is 0 Å². The molecule has 0 fully saturated rings. The van der Waals surface area contributed by atoms with E-state index in [4.69, 9.17) is 9.15 Å². The van der Waals surface area contributed by atoms with Crippen LogP contribution >= 0.6 is 0 Å². The molecule has 0 amide bonds. The van der Waals surface area contributed by atoms with E-state index in [0.717, 1.165) is 0 Å². The fourth-order valence-electron chi connectivity index (χ4n) is 0.791. The van der Waals surface area contributed by atoms with Crippen LogP contribution < -0.4 is 0 Å². The van der Waals surface area contributed by atoms with E-state index < -0.39 is 4.92 Å². The zero-order valence-corrected chi connectivity index (χ0v) is 7.52. The maximum atomic E-state index is 10.2. The third-order valence-corrected chi connectivity index (χ3v) is 1.39. The monoisotopic (exact) mass is 185 g/mol. The highest BCUT2D eigenvalue weighted by Gasteiger charge is 2.11. The maximum absolute atomic E-state index is 10.2. The van der Waals surface area contributed by atoms with Crippen LogP contribution in [0.2, 0.25) is 0 Å². The number of hydrogen-bond donors (Lipinski definition) is 0. The van der Waals surface area contributed by atoms with Gasteiger partial charge in [0, 0.05) is 0 Å². The third-order valence-electron chi connectivity index (χ3n) is 1.39. The van der Waals surface area contributed by atoms with Gasteiger partial charge in [0.15, 0.2) is 0 Å². The van der Waals surface area contributed by atoms with Gasteiger partial charge in [0.1, 0.15) is 17.3 Å². The van der Waals surface area contributed by atoms with Crippen molar-refractivity contribution in [1.82, 2.24) is 0 Å². The Balaban J connectivity index is 2.54. The van der Waals surface area contributed by atoms with E-state index in [9.17, 15) is 10.1 Å². The molecule has 5 heteroatoms. The van der Waals surface area contributed by atoms with Gasteiger partial charge in [-0.2, -0.15) is 0 Å². The summed E-state index contributed by atoms with van der Waals surface area (Å²) in [5.74, 6) is 0.225. The Bertz CT molecular complexity index is 292. The highest BCUT2D eigenvalue weighted by molar-refractivity contribution is 5.17. The molecule has 0 saturated carbocycles. The standard InChI is InChI=1S/C8H11NO4/c1-6(2)12-5-7-3-4-8(13-7)9(10)11/h3-4,6H,5H2,1-2H3. The summed E-state index contributed by atoms with van der Waals surface area (Å²) >= 11 is 0. The second kappa shape index (κ2) is 4.04. The number of rotatable bonds is 4. The van der Waals surface area contributed by atoms with Gasteiger partial charge in [0.05, 0.1) is 12.2 Å². The molecule has 0 radical (unpaired) electrons. The predicted molar refractivity (Wildman–Crippen MR) is 45.3 cm³/mol. The minimum Gasteiger partial charge on any atom is -0.403 e.